The van der Waals surface area contributed by atoms with Gasteiger partial charge in [-0.3, -0.25) is 0 Å². The minimum absolute atomic E-state index is 0.276. The van der Waals surface area contributed by atoms with E-state index in [1.807, 2.05) is 0 Å². The molecular formula is C16H24O. The van der Waals surface area contributed by atoms with Gasteiger partial charge in [0.25, 0.3) is 0 Å². The number of aliphatic hydroxyl groups is 1. The molecule has 1 heteroatoms. The van der Waals surface area contributed by atoms with Crippen LogP contribution < -0.4 is 0 Å². The molecule has 1 N–H and O–H groups in total. The topological polar surface area (TPSA) is 20.2 Å². The monoisotopic (exact) mass is 232 g/mol. The number of hydrogen-bond donors (Lipinski definition) is 1. The fourth-order valence-electron chi connectivity index (χ4n) is 2.93. The van der Waals surface area contributed by atoms with E-state index in [0.29, 0.717) is 5.92 Å². The van der Waals surface area contributed by atoms with Crippen molar-refractivity contribution in [3.63, 3.8) is 0 Å². The normalized spacial score (nSPS) is 17.8. The molecule has 2 unspecified atom stereocenters. The largest absolute Gasteiger partial charge is 0.388 e. The molecule has 17 heavy (non-hydrogen) atoms. The molecule has 1 nitrogen and oxygen atoms in total. The Bertz CT molecular complexity index is 370. The van der Waals surface area contributed by atoms with Gasteiger partial charge in [0.15, 0.2) is 0 Å². The maximum atomic E-state index is 10.2. The first-order valence-electron chi connectivity index (χ1n) is 7.00. The van der Waals surface area contributed by atoms with Crippen LogP contribution in [0.3, 0.4) is 0 Å². The van der Waals surface area contributed by atoms with E-state index < -0.39 is 0 Å². The second-order valence-electron chi connectivity index (χ2n) is 5.53. The van der Waals surface area contributed by atoms with Crippen LogP contribution in [0.25, 0.3) is 0 Å². The third-order valence-corrected chi connectivity index (χ3v) is 3.91. The number of aryl methyl sites for hydroxylation is 2. The van der Waals surface area contributed by atoms with E-state index in [0.717, 1.165) is 12.0 Å². The smallest absolute Gasteiger partial charge is 0.0792 e. The highest BCUT2D eigenvalue weighted by Crippen LogP contribution is 2.28. The molecule has 0 bridgehead atoms. The van der Waals surface area contributed by atoms with Crippen LogP contribution in [0.2, 0.25) is 0 Å². The van der Waals surface area contributed by atoms with Gasteiger partial charge in [0.1, 0.15) is 0 Å². The Morgan fingerprint density at radius 1 is 1.24 bits per heavy atom. The Labute approximate surface area is 105 Å². The van der Waals surface area contributed by atoms with Crippen molar-refractivity contribution in [3.05, 3.63) is 34.9 Å². The summed E-state index contributed by atoms with van der Waals surface area (Å²) in [6, 6.07) is 6.56. The van der Waals surface area contributed by atoms with E-state index >= 15 is 0 Å². The molecule has 0 amide bonds. The summed E-state index contributed by atoms with van der Waals surface area (Å²) in [5.74, 6) is 0.614. The summed E-state index contributed by atoms with van der Waals surface area (Å²) in [5.41, 5.74) is 4.07. The molecule has 1 aliphatic rings. The molecule has 0 spiro atoms. The van der Waals surface area contributed by atoms with Crippen molar-refractivity contribution in [2.45, 2.75) is 58.5 Å². The first kappa shape index (κ1) is 12.6. The third kappa shape index (κ3) is 3.10. The zero-order chi connectivity index (χ0) is 12.3. The van der Waals surface area contributed by atoms with Crippen molar-refractivity contribution in [1.29, 1.82) is 0 Å². The van der Waals surface area contributed by atoms with Crippen LogP contribution in [0.5, 0.6) is 0 Å². The summed E-state index contributed by atoms with van der Waals surface area (Å²) in [7, 11) is 0. The van der Waals surface area contributed by atoms with Crippen LogP contribution in [-0.2, 0) is 12.8 Å². The molecule has 2 atom stereocenters. The quantitative estimate of drug-likeness (QED) is 0.812. The molecule has 1 aliphatic carbocycles. The van der Waals surface area contributed by atoms with Crippen molar-refractivity contribution in [2.75, 3.05) is 0 Å². The van der Waals surface area contributed by atoms with Gasteiger partial charge < -0.3 is 5.11 Å². The minimum Gasteiger partial charge on any atom is -0.388 e. The lowest BCUT2D eigenvalue weighted by atomic mass is 9.93. The molecule has 1 aromatic carbocycles. The molecule has 94 valence electrons. The predicted octanol–water partition coefficient (Wildman–Crippen LogP) is 4.04. The minimum atomic E-state index is -0.276. The fourth-order valence-corrected chi connectivity index (χ4v) is 2.93. The Morgan fingerprint density at radius 2 is 2.00 bits per heavy atom. The summed E-state index contributed by atoms with van der Waals surface area (Å²) in [4.78, 5) is 0. The maximum absolute atomic E-state index is 10.2. The Hall–Kier alpha value is -0.820. The van der Waals surface area contributed by atoms with E-state index in [1.54, 1.807) is 0 Å². The summed E-state index contributed by atoms with van der Waals surface area (Å²) in [5, 5.41) is 10.2. The lowest BCUT2D eigenvalue weighted by Crippen LogP contribution is -2.05. The second kappa shape index (κ2) is 5.68. The van der Waals surface area contributed by atoms with Crippen molar-refractivity contribution in [2.24, 2.45) is 5.92 Å². The number of aliphatic hydroxyl groups excluding tert-OH is 1. The Kier molecular flexibility index (Phi) is 4.22. The van der Waals surface area contributed by atoms with Crippen molar-refractivity contribution in [1.82, 2.24) is 0 Å². The van der Waals surface area contributed by atoms with Crippen LogP contribution in [0.1, 0.15) is 62.3 Å². The highest BCUT2D eigenvalue weighted by molar-refractivity contribution is 5.36. The van der Waals surface area contributed by atoms with Crippen LogP contribution in [-0.4, -0.2) is 5.11 Å². The highest BCUT2D eigenvalue weighted by Gasteiger charge is 2.16. The summed E-state index contributed by atoms with van der Waals surface area (Å²) in [6.45, 7) is 4.44. The summed E-state index contributed by atoms with van der Waals surface area (Å²) in [6.07, 6.45) is 6.73. The van der Waals surface area contributed by atoms with Gasteiger partial charge in [0.05, 0.1) is 6.10 Å². The van der Waals surface area contributed by atoms with E-state index in [4.69, 9.17) is 0 Å². The standard InChI is InChI=1S/C16H24O/c1-3-5-12(2)10-16(17)15-9-8-13-6-4-7-14(13)11-15/h8-9,11-12,16-17H,3-7,10H2,1-2H3. The zero-order valence-electron chi connectivity index (χ0n) is 11.1. The zero-order valence-corrected chi connectivity index (χ0v) is 11.1. The van der Waals surface area contributed by atoms with Crippen molar-refractivity contribution < 1.29 is 5.11 Å². The number of rotatable bonds is 5. The van der Waals surface area contributed by atoms with Crippen LogP contribution in [0, 0.1) is 5.92 Å². The van der Waals surface area contributed by atoms with E-state index in [-0.39, 0.29) is 6.10 Å². The summed E-state index contributed by atoms with van der Waals surface area (Å²) >= 11 is 0. The summed E-state index contributed by atoms with van der Waals surface area (Å²) < 4.78 is 0. The molecule has 0 fully saturated rings. The first-order chi connectivity index (χ1) is 8.20. The van der Waals surface area contributed by atoms with E-state index in [1.165, 1.54) is 43.2 Å². The number of fused-ring (bicyclic) bond motifs is 1. The van der Waals surface area contributed by atoms with Gasteiger partial charge in [0.2, 0.25) is 0 Å². The predicted molar refractivity (Wildman–Crippen MR) is 72.1 cm³/mol. The molecule has 0 aliphatic heterocycles. The average Bonchev–Trinajstić information content (AvgIpc) is 2.75. The molecule has 2 rings (SSSR count). The van der Waals surface area contributed by atoms with Gasteiger partial charge in [-0.25, -0.2) is 0 Å². The Morgan fingerprint density at radius 3 is 2.76 bits per heavy atom. The van der Waals surface area contributed by atoms with Crippen LogP contribution >= 0.6 is 0 Å². The van der Waals surface area contributed by atoms with Crippen LogP contribution in [0.4, 0.5) is 0 Å². The van der Waals surface area contributed by atoms with Gasteiger partial charge in [0, 0.05) is 0 Å². The molecule has 0 saturated carbocycles. The lowest BCUT2D eigenvalue weighted by Gasteiger charge is -2.17. The van der Waals surface area contributed by atoms with Gasteiger partial charge in [-0.2, -0.15) is 0 Å². The lowest BCUT2D eigenvalue weighted by molar-refractivity contribution is 0.145. The van der Waals surface area contributed by atoms with E-state index in [9.17, 15) is 5.11 Å². The van der Waals surface area contributed by atoms with E-state index in [2.05, 4.69) is 32.0 Å². The molecule has 0 saturated heterocycles. The molecule has 0 radical (unpaired) electrons. The molecular weight excluding hydrogens is 208 g/mol. The molecule has 0 aromatic heterocycles. The number of hydrogen-bond acceptors (Lipinski definition) is 1. The first-order valence-corrected chi connectivity index (χ1v) is 7.00. The van der Waals surface area contributed by atoms with Gasteiger partial charge in [-0.1, -0.05) is 44.9 Å². The SMILES string of the molecule is CCCC(C)CC(O)c1ccc2c(c1)CCC2. The number of benzene rings is 1. The third-order valence-electron chi connectivity index (χ3n) is 3.91. The molecule has 0 heterocycles. The van der Waals surface area contributed by atoms with Crippen molar-refractivity contribution >= 4 is 0 Å². The maximum Gasteiger partial charge on any atom is 0.0792 e. The van der Waals surface area contributed by atoms with Crippen LogP contribution in [0.15, 0.2) is 18.2 Å². The fraction of sp³-hybridized carbons (Fsp3) is 0.625. The van der Waals surface area contributed by atoms with Gasteiger partial charge in [-0.05, 0) is 48.3 Å². The highest BCUT2D eigenvalue weighted by atomic mass is 16.3. The van der Waals surface area contributed by atoms with Gasteiger partial charge in [-0.15, -0.1) is 0 Å². The molecule has 1 aromatic rings. The second-order valence-corrected chi connectivity index (χ2v) is 5.53. The Balaban J connectivity index is 2.01. The average molecular weight is 232 g/mol. The van der Waals surface area contributed by atoms with Crippen molar-refractivity contribution in [3.8, 4) is 0 Å². The van der Waals surface area contributed by atoms with Gasteiger partial charge >= 0.3 is 0 Å².